The summed E-state index contributed by atoms with van der Waals surface area (Å²) in [5.74, 6) is -0.0473. The van der Waals surface area contributed by atoms with Crippen molar-refractivity contribution in [2.45, 2.75) is 40.8 Å². The van der Waals surface area contributed by atoms with Gasteiger partial charge in [0.1, 0.15) is 5.69 Å². The maximum absolute atomic E-state index is 13.1. The number of fused-ring (bicyclic) bond motifs is 1. The second kappa shape index (κ2) is 11.0. The third-order valence-corrected chi connectivity index (χ3v) is 7.67. The van der Waals surface area contributed by atoms with Gasteiger partial charge in [-0.2, -0.15) is 10.4 Å². The molecule has 3 heterocycles. The van der Waals surface area contributed by atoms with E-state index in [1.165, 1.54) is 6.20 Å². The van der Waals surface area contributed by atoms with Crippen LogP contribution in [0.25, 0.3) is 11.0 Å². The number of aryl methyl sites for hydroxylation is 2. The van der Waals surface area contributed by atoms with Crippen LogP contribution in [-0.4, -0.2) is 43.4 Å². The molecule has 0 aliphatic heterocycles. The number of nitrogens with one attached hydrogen (secondary N) is 1. The Bertz CT molecular complexity index is 1510. The maximum Gasteiger partial charge on any atom is 0.362 e. The average molecular weight is 522 g/mol. The van der Waals surface area contributed by atoms with E-state index in [1.54, 1.807) is 59.5 Å². The largest absolute Gasteiger partial charge is 0.362 e. The molecule has 192 valence electrons. The first-order valence-corrected chi connectivity index (χ1v) is 13.5. The van der Waals surface area contributed by atoms with Crippen LogP contribution in [0.5, 0.6) is 0 Å². The molecule has 3 aromatic heterocycles. The number of pyridine rings is 1. The molecule has 0 radical (unpaired) electrons. The van der Waals surface area contributed by atoms with Gasteiger partial charge in [-0.05, 0) is 64.1 Å². The van der Waals surface area contributed by atoms with E-state index in [0.29, 0.717) is 40.3 Å². The number of carbonyl (C=O) groups is 1. The van der Waals surface area contributed by atoms with E-state index < -0.39 is 7.60 Å². The first-order valence-electron chi connectivity index (χ1n) is 11.9. The molecule has 37 heavy (non-hydrogen) atoms. The molecular formula is C25H28N7O4P. The molecular weight excluding hydrogens is 493 g/mol. The van der Waals surface area contributed by atoms with Gasteiger partial charge >= 0.3 is 7.60 Å². The number of nitriles is 1. The average Bonchev–Trinajstić information content (AvgIpc) is 3.43. The molecule has 1 aromatic carbocycles. The molecule has 0 fully saturated rings. The fourth-order valence-corrected chi connectivity index (χ4v) is 5.46. The van der Waals surface area contributed by atoms with Gasteiger partial charge in [0.2, 0.25) is 5.95 Å². The number of imidazole rings is 1. The van der Waals surface area contributed by atoms with Crippen molar-refractivity contribution >= 4 is 35.8 Å². The summed E-state index contributed by atoms with van der Waals surface area (Å²) in [6.45, 7) is 8.52. The zero-order valence-corrected chi connectivity index (χ0v) is 22.0. The number of hydrogen-bond acceptors (Lipinski definition) is 8. The number of hydrogen-bond donors (Lipinski definition) is 1. The Kier molecular flexibility index (Phi) is 7.83. The summed E-state index contributed by atoms with van der Waals surface area (Å²) in [5.41, 5.74) is 3.52. The van der Waals surface area contributed by atoms with Gasteiger partial charge in [0.15, 0.2) is 0 Å². The van der Waals surface area contributed by atoms with Crippen LogP contribution < -0.4 is 10.6 Å². The Labute approximate surface area is 214 Å². The summed E-state index contributed by atoms with van der Waals surface area (Å²) < 4.78 is 27.3. The molecule has 1 N–H and O–H groups in total. The summed E-state index contributed by atoms with van der Waals surface area (Å²) in [7, 11) is -3.46. The third kappa shape index (κ3) is 5.47. The highest BCUT2D eigenvalue weighted by Crippen LogP contribution is 2.46. The van der Waals surface area contributed by atoms with E-state index in [9.17, 15) is 14.6 Å². The third-order valence-electron chi connectivity index (χ3n) is 5.58. The number of rotatable bonds is 10. The van der Waals surface area contributed by atoms with Gasteiger partial charge in [-0.1, -0.05) is 0 Å². The summed E-state index contributed by atoms with van der Waals surface area (Å²) in [6, 6.07) is 12.4. The maximum atomic E-state index is 13.1. The zero-order valence-electron chi connectivity index (χ0n) is 21.1. The second-order valence-corrected chi connectivity index (χ2v) is 10.1. The van der Waals surface area contributed by atoms with Crippen LogP contribution in [0, 0.1) is 18.3 Å². The Balaban J connectivity index is 1.70. The van der Waals surface area contributed by atoms with Crippen molar-refractivity contribution in [2.75, 3.05) is 18.5 Å². The lowest BCUT2D eigenvalue weighted by Gasteiger charge is -2.17. The van der Waals surface area contributed by atoms with Gasteiger partial charge < -0.3 is 13.6 Å². The number of anilines is 1. The molecule has 0 atom stereocenters. The van der Waals surface area contributed by atoms with Crippen LogP contribution in [-0.2, 0) is 26.7 Å². The minimum absolute atomic E-state index is 0.240. The summed E-state index contributed by atoms with van der Waals surface area (Å²) in [4.78, 5) is 22.2. The predicted octanol–water partition coefficient (Wildman–Crippen LogP) is 4.02. The van der Waals surface area contributed by atoms with Crippen LogP contribution in [0.4, 0.5) is 5.95 Å². The quantitative estimate of drug-likeness (QED) is 0.309. The van der Waals surface area contributed by atoms with Crippen molar-refractivity contribution in [2.24, 2.45) is 0 Å². The van der Waals surface area contributed by atoms with E-state index in [-0.39, 0.29) is 25.7 Å². The number of nitrogens with zero attached hydrogens (tertiary/aromatic N) is 6. The van der Waals surface area contributed by atoms with E-state index in [1.807, 2.05) is 13.8 Å². The van der Waals surface area contributed by atoms with Crippen molar-refractivity contribution in [3.63, 3.8) is 0 Å². The fourth-order valence-electron chi connectivity index (χ4n) is 3.95. The van der Waals surface area contributed by atoms with Crippen LogP contribution in [0.3, 0.4) is 0 Å². The van der Waals surface area contributed by atoms with Crippen molar-refractivity contribution in [3.05, 3.63) is 65.2 Å². The van der Waals surface area contributed by atoms with Gasteiger partial charge in [-0.25, -0.2) is 4.98 Å². The predicted molar refractivity (Wildman–Crippen MR) is 139 cm³/mol. The van der Waals surface area contributed by atoms with Gasteiger partial charge in [-0.3, -0.25) is 24.3 Å². The van der Waals surface area contributed by atoms with E-state index >= 15 is 0 Å². The highest BCUT2D eigenvalue weighted by Gasteiger charge is 2.27. The Morgan fingerprint density at radius 1 is 1.14 bits per heavy atom. The molecule has 11 nitrogen and oxygen atoms in total. The van der Waals surface area contributed by atoms with E-state index in [0.717, 1.165) is 11.2 Å². The molecule has 4 rings (SSSR count). The molecule has 0 spiro atoms. The van der Waals surface area contributed by atoms with Crippen molar-refractivity contribution in [3.8, 4) is 6.07 Å². The van der Waals surface area contributed by atoms with E-state index in [2.05, 4.69) is 26.5 Å². The standard InChI is InChI=1S/C25H28N7O4P/c1-5-32-23(12-17(4)30-32)24(33)29-25-28-21-13-18(14-26)8-11-22(21)31(25)16-19-9-10-20(15-27-19)37(34,35-6-2)36-7-3/h8-13,15H,5-7,16H2,1-4H3,(H,28,29,33). The molecule has 0 saturated heterocycles. The molecule has 0 aliphatic rings. The second-order valence-electron chi connectivity index (χ2n) is 8.12. The van der Waals surface area contributed by atoms with Crippen LogP contribution >= 0.6 is 7.60 Å². The van der Waals surface area contributed by atoms with Crippen LogP contribution in [0.15, 0.2) is 42.6 Å². The van der Waals surface area contributed by atoms with Gasteiger partial charge in [0, 0.05) is 12.7 Å². The van der Waals surface area contributed by atoms with Crippen molar-refractivity contribution in [1.82, 2.24) is 24.3 Å². The number of benzene rings is 1. The molecule has 1 amide bonds. The Morgan fingerprint density at radius 3 is 2.51 bits per heavy atom. The minimum atomic E-state index is -3.46. The summed E-state index contributed by atoms with van der Waals surface area (Å²) in [6.07, 6.45) is 1.48. The van der Waals surface area contributed by atoms with Gasteiger partial charge in [-0.15, -0.1) is 0 Å². The lowest BCUT2D eigenvalue weighted by Crippen LogP contribution is -2.20. The topological polar surface area (TPSA) is 137 Å². The van der Waals surface area contributed by atoms with Crippen LogP contribution in [0.2, 0.25) is 0 Å². The minimum Gasteiger partial charge on any atom is -0.305 e. The fraction of sp³-hybridized carbons (Fsp3) is 0.320. The molecule has 0 aliphatic carbocycles. The molecule has 0 unspecified atom stereocenters. The van der Waals surface area contributed by atoms with Gasteiger partial charge in [0.25, 0.3) is 5.91 Å². The zero-order chi connectivity index (χ0) is 26.6. The Hall–Kier alpha value is -3.84. The SMILES string of the molecule is CCOP(=O)(OCC)c1ccc(Cn2c(NC(=O)c3cc(C)nn3CC)nc3cc(C#N)ccc32)nc1. The van der Waals surface area contributed by atoms with Gasteiger partial charge in [0.05, 0.1) is 59.1 Å². The number of aromatic nitrogens is 5. The monoisotopic (exact) mass is 521 g/mol. The first-order chi connectivity index (χ1) is 17.8. The summed E-state index contributed by atoms with van der Waals surface area (Å²) >= 11 is 0. The first kappa shape index (κ1) is 26.2. The van der Waals surface area contributed by atoms with Crippen LogP contribution in [0.1, 0.15) is 48.2 Å². The van der Waals surface area contributed by atoms with Crippen molar-refractivity contribution in [1.29, 1.82) is 5.26 Å². The molecule has 0 saturated carbocycles. The highest BCUT2D eigenvalue weighted by atomic mass is 31.2. The van der Waals surface area contributed by atoms with Crippen molar-refractivity contribution < 1.29 is 18.4 Å². The molecule has 4 aromatic rings. The lowest BCUT2D eigenvalue weighted by atomic mass is 10.2. The van der Waals surface area contributed by atoms with E-state index in [4.69, 9.17) is 9.05 Å². The molecule has 0 bridgehead atoms. The summed E-state index contributed by atoms with van der Waals surface area (Å²) in [5, 5.41) is 16.9. The highest BCUT2D eigenvalue weighted by molar-refractivity contribution is 7.62. The Morgan fingerprint density at radius 2 is 1.89 bits per heavy atom. The lowest BCUT2D eigenvalue weighted by molar-refractivity contribution is 0.101. The number of carbonyl (C=O) groups excluding carboxylic acids is 1. The smallest absolute Gasteiger partial charge is 0.305 e. The molecule has 12 heteroatoms. The number of amides is 1. The normalized spacial score (nSPS) is 11.5.